The number of benzene rings is 2. The van der Waals surface area contributed by atoms with Gasteiger partial charge in [0.1, 0.15) is 5.82 Å². The molecule has 0 aliphatic carbocycles. The first-order valence-electron chi connectivity index (χ1n) is 8.52. The molecule has 0 aliphatic rings. The van der Waals surface area contributed by atoms with Crippen molar-refractivity contribution in [2.45, 2.75) is 26.9 Å². The Bertz CT molecular complexity index is 917. The van der Waals surface area contributed by atoms with Crippen molar-refractivity contribution in [2.75, 3.05) is 5.32 Å². The molecule has 0 atom stereocenters. The number of hydrogen-bond acceptors (Lipinski definition) is 1. The fourth-order valence-electron chi connectivity index (χ4n) is 2.82. The highest BCUT2D eigenvalue weighted by Crippen LogP contribution is 2.17. The molecule has 0 aliphatic heterocycles. The van der Waals surface area contributed by atoms with Gasteiger partial charge in [0.05, 0.1) is 6.54 Å². The first kappa shape index (κ1) is 17.7. The van der Waals surface area contributed by atoms with Gasteiger partial charge in [0.2, 0.25) is 0 Å². The van der Waals surface area contributed by atoms with Crippen LogP contribution in [0.25, 0.3) is 0 Å². The number of carbonyl (C=O) groups excluding carboxylic acids is 1. The van der Waals surface area contributed by atoms with Crippen molar-refractivity contribution in [2.24, 2.45) is 0 Å². The lowest BCUT2D eigenvalue weighted by Crippen LogP contribution is -2.29. The van der Waals surface area contributed by atoms with Crippen molar-refractivity contribution in [1.29, 1.82) is 0 Å². The van der Waals surface area contributed by atoms with Crippen molar-refractivity contribution in [3.63, 3.8) is 0 Å². The van der Waals surface area contributed by atoms with Crippen molar-refractivity contribution in [3.05, 3.63) is 89.0 Å². The Morgan fingerprint density at radius 3 is 2.69 bits per heavy atom. The minimum Gasteiger partial charge on any atom is -0.345 e. The second-order valence-corrected chi connectivity index (χ2v) is 6.31. The molecular weight excluding hydrogens is 329 g/mol. The number of aromatic nitrogens is 1. The number of urea groups is 1. The number of halogens is 1. The molecule has 5 heteroatoms. The first-order valence-corrected chi connectivity index (χ1v) is 8.52. The van der Waals surface area contributed by atoms with E-state index in [4.69, 9.17) is 0 Å². The van der Waals surface area contributed by atoms with Gasteiger partial charge in [0.15, 0.2) is 0 Å². The third kappa shape index (κ3) is 4.30. The second-order valence-electron chi connectivity index (χ2n) is 6.31. The molecule has 26 heavy (non-hydrogen) atoms. The fourth-order valence-corrected chi connectivity index (χ4v) is 2.82. The standard InChI is InChI=1S/C21H22FN3O/c1-15-6-3-10-20(16(15)2)24-21(26)23-13-19-9-5-11-25(19)14-17-7-4-8-18(22)12-17/h3-12H,13-14H2,1-2H3,(H2,23,24,26). The smallest absolute Gasteiger partial charge is 0.319 e. The number of carbonyl (C=O) groups is 1. The SMILES string of the molecule is Cc1cccc(NC(=O)NCc2cccn2Cc2cccc(F)c2)c1C. The van der Waals surface area contributed by atoms with Crippen molar-refractivity contribution >= 4 is 11.7 Å². The minimum atomic E-state index is -0.253. The highest BCUT2D eigenvalue weighted by molar-refractivity contribution is 5.90. The van der Waals surface area contributed by atoms with Crippen LogP contribution in [-0.2, 0) is 13.1 Å². The third-order valence-corrected chi connectivity index (χ3v) is 4.45. The lowest BCUT2D eigenvalue weighted by atomic mass is 10.1. The summed E-state index contributed by atoms with van der Waals surface area (Å²) in [5.74, 6) is -0.248. The summed E-state index contributed by atoms with van der Waals surface area (Å²) < 4.78 is 15.3. The van der Waals surface area contributed by atoms with Gasteiger partial charge < -0.3 is 15.2 Å². The van der Waals surface area contributed by atoms with Crippen LogP contribution >= 0.6 is 0 Å². The molecule has 2 aromatic carbocycles. The number of nitrogens with zero attached hydrogens (tertiary/aromatic N) is 1. The van der Waals surface area contributed by atoms with Crippen LogP contribution in [0, 0.1) is 19.7 Å². The molecule has 0 radical (unpaired) electrons. The Balaban J connectivity index is 1.61. The molecule has 0 fully saturated rings. The van der Waals surface area contributed by atoms with Gasteiger partial charge in [-0.2, -0.15) is 0 Å². The van der Waals surface area contributed by atoms with E-state index in [1.807, 2.05) is 61.0 Å². The van der Waals surface area contributed by atoms with Crippen LogP contribution in [0.2, 0.25) is 0 Å². The van der Waals surface area contributed by atoms with E-state index in [1.54, 1.807) is 6.07 Å². The Hall–Kier alpha value is -3.08. The molecule has 1 heterocycles. The number of rotatable bonds is 5. The summed E-state index contributed by atoms with van der Waals surface area (Å²) in [5, 5.41) is 5.75. The van der Waals surface area contributed by atoms with E-state index in [1.165, 1.54) is 12.1 Å². The topological polar surface area (TPSA) is 46.1 Å². The van der Waals surface area contributed by atoms with Crippen LogP contribution in [0.1, 0.15) is 22.4 Å². The van der Waals surface area contributed by atoms with Gasteiger partial charge >= 0.3 is 6.03 Å². The van der Waals surface area contributed by atoms with E-state index >= 15 is 0 Å². The van der Waals surface area contributed by atoms with E-state index in [0.29, 0.717) is 13.1 Å². The molecule has 0 saturated carbocycles. The summed E-state index contributed by atoms with van der Waals surface area (Å²) in [6, 6.07) is 15.9. The summed E-state index contributed by atoms with van der Waals surface area (Å²) in [6.45, 7) is 4.94. The molecule has 134 valence electrons. The summed E-state index contributed by atoms with van der Waals surface area (Å²) in [6.07, 6.45) is 1.92. The fraction of sp³-hybridized carbons (Fsp3) is 0.190. The highest BCUT2D eigenvalue weighted by atomic mass is 19.1. The molecule has 1 aromatic heterocycles. The van der Waals surface area contributed by atoms with E-state index in [2.05, 4.69) is 10.6 Å². The maximum absolute atomic E-state index is 13.3. The van der Waals surface area contributed by atoms with Crippen LogP contribution in [0.3, 0.4) is 0 Å². The molecule has 4 nitrogen and oxygen atoms in total. The zero-order chi connectivity index (χ0) is 18.5. The monoisotopic (exact) mass is 351 g/mol. The molecule has 0 unspecified atom stereocenters. The first-order chi connectivity index (χ1) is 12.5. The van der Waals surface area contributed by atoms with E-state index in [-0.39, 0.29) is 11.8 Å². The predicted octanol–water partition coefficient (Wildman–Crippen LogP) is 4.61. The lowest BCUT2D eigenvalue weighted by molar-refractivity contribution is 0.251. The molecule has 3 aromatic rings. The van der Waals surface area contributed by atoms with Crippen molar-refractivity contribution in [3.8, 4) is 0 Å². The van der Waals surface area contributed by atoms with E-state index in [0.717, 1.165) is 28.1 Å². The number of nitrogens with one attached hydrogen (secondary N) is 2. The van der Waals surface area contributed by atoms with Gasteiger partial charge in [-0.15, -0.1) is 0 Å². The lowest BCUT2D eigenvalue weighted by Gasteiger charge is -2.13. The van der Waals surface area contributed by atoms with Crippen LogP contribution in [-0.4, -0.2) is 10.6 Å². The summed E-state index contributed by atoms with van der Waals surface area (Å²) >= 11 is 0. The predicted molar refractivity (Wildman–Crippen MR) is 102 cm³/mol. The summed E-state index contributed by atoms with van der Waals surface area (Å²) in [7, 11) is 0. The van der Waals surface area contributed by atoms with Crippen LogP contribution in [0.5, 0.6) is 0 Å². The van der Waals surface area contributed by atoms with Gasteiger partial charge in [-0.25, -0.2) is 9.18 Å². The summed E-state index contributed by atoms with van der Waals surface area (Å²) in [5.41, 5.74) is 4.81. The van der Waals surface area contributed by atoms with Crippen LogP contribution in [0.4, 0.5) is 14.9 Å². The van der Waals surface area contributed by atoms with Crippen LogP contribution < -0.4 is 10.6 Å². The van der Waals surface area contributed by atoms with Gasteiger partial charge in [-0.3, -0.25) is 0 Å². The number of hydrogen-bond donors (Lipinski definition) is 2. The number of aryl methyl sites for hydroxylation is 1. The second kappa shape index (κ2) is 7.87. The normalized spacial score (nSPS) is 10.6. The average molecular weight is 351 g/mol. The van der Waals surface area contributed by atoms with Gasteiger partial charge in [0.25, 0.3) is 0 Å². The Morgan fingerprint density at radius 2 is 1.88 bits per heavy atom. The number of anilines is 1. The van der Waals surface area contributed by atoms with Crippen molar-refractivity contribution < 1.29 is 9.18 Å². The van der Waals surface area contributed by atoms with E-state index < -0.39 is 0 Å². The van der Waals surface area contributed by atoms with Crippen molar-refractivity contribution in [1.82, 2.24) is 9.88 Å². The Labute approximate surface area is 152 Å². The third-order valence-electron chi connectivity index (χ3n) is 4.45. The molecule has 0 bridgehead atoms. The maximum atomic E-state index is 13.3. The van der Waals surface area contributed by atoms with Gasteiger partial charge in [0, 0.05) is 24.1 Å². The maximum Gasteiger partial charge on any atom is 0.319 e. The Kier molecular flexibility index (Phi) is 5.37. The highest BCUT2D eigenvalue weighted by Gasteiger charge is 2.08. The molecule has 3 rings (SSSR count). The molecule has 0 saturated heterocycles. The molecule has 2 N–H and O–H groups in total. The van der Waals surface area contributed by atoms with Gasteiger partial charge in [-0.05, 0) is 60.9 Å². The van der Waals surface area contributed by atoms with Crippen LogP contribution in [0.15, 0.2) is 60.8 Å². The molecular formula is C21H22FN3O. The average Bonchev–Trinajstić information content (AvgIpc) is 3.04. The zero-order valence-electron chi connectivity index (χ0n) is 14.9. The number of amides is 2. The van der Waals surface area contributed by atoms with Gasteiger partial charge in [-0.1, -0.05) is 24.3 Å². The van der Waals surface area contributed by atoms with E-state index in [9.17, 15) is 9.18 Å². The zero-order valence-corrected chi connectivity index (χ0v) is 14.9. The Morgan fingerprint density at radius 1 is 1.08 bits per heavy atom. The molecule has 0 spiro atoms. The largest absolute Gasteiger partial charge is 0.345 e. The molecule has 2 amide bonds. The minimum absolute atomic E-state index is 0.248. The summed E-state index contributed by atoms with van der Waals surface area (Å²) in [4.78, 5) is 12.2. The quantitative estimate of drug-likeness (QED) is 0.692.